The first kappa shape index (κ1) is 21.5. The molecule has 152 valence electrons. The number of unbranched alkanes of at least 4 members (excludes halogenated alkanes) is 6. The Labute approximate surface area is 180 Å². The summed E-state index contributed by atoms with van der Waals surface area (Å²) in [6.07, 6.45) is 9.33. The van der Waals surface area contributed by atoms with Gasteiger partial charge in [-0.25, -0.2) is 0 Å². The van der Waals surface area contributed by atoms with Crippen LogP contribution in [0.5, 0.6) is 5.75 Å². The summed E-state index contributed by atoms with van der Waals surface area (Å²) in [4.78, 5) is 1.23. The van der Waals surface area contributed by atoms with Crippen LogP contribution in [0.2, 0.25) is 0 Å². The second-order valence-electron chi connectivity index (χ2n) is 7.57. The van der Waals surface area contributed by atoms with Crippen molar-refractivity contribution in [2.45, 2.75) is 56.8 Å². The van der Waals surface area contributed by atoms with Crippen LogP contribution in [-0.4, -0.2) is 10.9 Å². The lowest BCUT2D eigenvalue weighted by Gasteiger charge is -2.14. The number of phenolic OH excluding ortho intramolecular Hbond substituents is 1. The van der Waals surface area contributed by atoms with E-state index in [1.54, 1.807) is 0 Å². The molecule has 0 fully saturated rings. The van der Waals surface area contributed by atoms with Gasteiger partial charge in [-0.3, -0.25) is 0 Å². The first-order valence-electron chi connectivity index (χ1n) is 10.9. The lowest BCUT2D eigenvalue weighted by atomic mass is 9.97. The van der Waals surface area contributed by atoms with Gasteiger partial charge >= 0.3 is 0 Å². The molecule has 0 aliphatic rings. The van der Waals surface area contributed by atoms with Crippen LogP contribution in [0.15, 0.2) is 77.7 Å². The van der Waals surface area contributed by atoms with Crippen LogP contribution >= 0.6 is 11.8 Å². The third kappa shape index (κ3) is 6.40. The molecule has 0 saturated heterocycles. The fraction of sp³-hybridized carbons (Fsp3) is 0.333. The van der Waals surface area contributed by atoms with Crippen LogP contribution in [-0.2, 0) is 0 Å². The van der Waals surface area contributed by atoms with Gasteiger partial charge in [0.25, 0.3) is 0 Å². The molecule has 0 bridgehead atoms. The summed E-state index contributed by atoms with van der Waals surface area (Å²) in [7, 11) is 0. The Hall–Kier alpha value is -2.19. The molecular weight excluding hydrogens is 372 g/mol. The van der Waals surface area contributed by atoms with Gasteiger partial charge in [-0.05, 0) is 35.4 Å². The average Bonchev–Trinajstić information content (AvgIpc) is 2.77. The molecule has 0 heterocycles. The van der Waals surface area contributed by atoms with E-state index in [1.807, 2.05) is 48.2 Å². The SMILES string of the molecule is CCCCCCCCCSc1cc(-c2ccccc2)c(O)c(-c2ccccc2)c1. The highest BCUT2D eigenvalue weighted by Gasteiger charge is 2.13. The highest BCUT2D eigenvalue weighted by atomic mass is 32.2. The summed E-state index contributed by atoms with van der Waals surface area (Å²) in [5.41, 5.74) is 3.93. The predicted molar refractivity (Wildman–Crippen MR) is 128 cm³/mol. The third-order valence-electron chi connectivity index (χ3n) is 5.27. The summed E-state index contributed by atoms with van der Waals surface area (Å²) in [5, 5.41) is 11.0. The Morgan fingerprint density at radius 1 is 0.655 bits per heavy atom. The van der Waals surface area contributed by atoms with E-state index in [-0.39, 0.29) is 0 Å². The summed E-state index contributed by atoms with van der Waals surface area (Å²) in [5.74, 6) is 1.49. The highest BCUT2D eigenvalue weighted by Crippen LogP contribution is 2.41. The molecule has 0 amide bonds. The largest absolute Gasteiger partial charge is 0.507 e. The molecule has 0 saturated carbocycles. The predicted octanol–water partition coefficient (Wildman–Crippen LogP) is 8.57. The zero-order chi connectivity index (χ0) is 20.3. The summed E-state index contributed by atoms with van der Waals surface area (Å²) < 4.78 is 0. The van der Waals surface area contributed by atoms with Crippen LogP contribution in [0.4, 0.5) is 0 Å². The summed E-state index contributed by atoms with van der Waals surface area (Å²) in [6, 6.07) is 24.7. The lowest BCUT2D eigenvalue weighted by molar-refractivity contribution is 0.479. The van der Waals surface area contributed by atoms with Gasteiger partial charge in [0, 0.05) is 16.0 Å². The maximum absolute atomic E-state index is 11.0. The number of benzene rings is 3. The summed E-state index contributed by atoms with van der Waals surface area (Å²) in [6.45, 7) is 2.27. The van der Waals surface area contributed by atoms with Crippen LogP contribution in [0.25, 0.3) is 22.3 Å². The molecule has 0 spiro atoms. The molecule has 0 aromatic heterocycles. The van der Waals surface area contributed by atoms with Crippen molar-refractivity contribution in [1.29, 1.82) is 0 Å². The molecule has 2 heteroatoms. The van der Waals surface area contributed by atoms with E-state index < -0.39 is 0 Å². The molecule has 3 aromatic rings. The van der Waals surface area contributed by atoms with E-state index >= 15 is 0 Å². The van der Waals surface area contributed by atoms with Gasteiger partial charge in [0.1, 0.15) is 5.75 Å². The van der Waals surface area contributed by atoms with Crippen molar-refractivity contribution in [3.63, 3.8) is 0 Å². The standard InChI is InChI=1S/C27H32OS/c1-2-3-4-5-6-7-14-19-29-24-20-25(22-15-10-8-11-16-22)27(28)26(21-24)23-17-12-9-13-18-23/h8-13,15-18,20-21,28H,2-7,14,19H2,1H3. The maximum Gasteiger partial charge on any atom is 0.131 e. The van der Waals surface area contributed by atoms with E-state index in [0.29, 0.717) is 5.75 Å². The molecule has 3 aromatic carbocycles. The van der Waals surface area contributed by atoms with Crippen molar-refractivity contribution in [2.75, 3.05) is 5.75 Å². The Morgan fingerprint density at radius 2 is 1.14 bits per heavy atom. The first-order valence-corrected chi connectivity index (χ1v) is 11.9. The topological polar surface area (TPSA) is 20.2 Å². The third-order valence-corrected chi connectivity index (χ3v) is 6.33. The Kier molecular flexibility index (Phi) is 8.70. The van der Waals surface area contributed by atoms with E-state index in [9.17, 15) is 5.11 Å². The van der Waals surface area contributed by atoms with Gasteiger partial charge in [0.15, 0.2) is 0 Å². The second kappa shape index (κ2) is 11.7. The normalized spacial score (nSPS) is 10.9. The van der Waals surface area contributed by atoms with Crippen molar-refractivity contribution in [2.24, 2.45) is 0 Å². The van der Waals surface area contributed by atoms with Gasteiger partial charge in [-0.1, -0.05) is 106 Å². The highest BCUT2D eigenvalue weighted by molar-refractivity contribution is 7.99. The molecule has 29 heavy (non-hydrogen) atoms. The van der Waals surface area contributed by atoms with Gasteiger partial charge in [-0.2, -0.15) is 0 Å². The molecule has 1 N–H and O–H groups in total. The van der Waals surface area contributed by atoms with Crippen LogP contribution in [0.1, 0.15) is 51.9 Å². The lowest BCUT2D eigenvalue weighted by Crippen LogP contribution is -1.88. The van der Waals surface area contributed by atoms with Crippen molar-refractivity contribution < 1.29 is 5.11 Å². The van der Waals surface area contributed by atoms with E-state index in [2.05, 4.69) is 43.3 Å². The quantitative estimate of drug-likeness (QED) is 0.255. The number of aromatic hydroxyl groups is 1. The smallest absolute Gasteiger partial charge is 0.131 e. The number of thioether (sulfide) groups is 1. The van der Waals surface area contributed by atoms with Gasteiger partial charge in [-0.15, -0.1) is 11.8 Å². The average molecular weight is 405 g/mol. The summed E-state index contributed by atoms with van der Waals surface area (Å²) >= 11 is 1.90. The fourth-order valence-corrected chi connectivity index (χ4v) is 4.60. The van der Waals surface area contributed by atoms with Crippen molar-refractivity contribution in [1.82, 2.24) is 0 Å². The molecule has 0 radical (unpaired) electrons. The van der Waals surface area contributed by atoms with Gasteiger partial charge < -0.3 is 5.11 Å². The molecule has 3 rings (SSSR count). The van der Waals surface area contributed by atoms with E-state index in [4.69, 9.17) is 0 Å². The number of phenols is 1. The Balaban J connectivity index is 1.73. The molecule has 0 aliphatic carbocycles. The van der Waals surface area contributed by atoms with E-state index in [1.165, 1.54) is 49.8 Å². The number of rotatable bonds is 11. The maximum atomic E-state index is 11.0. The van der Waals surface area contributed by atoms with Crippen LogP contribution < -0.4 is 0 Å². The minimum absolute atomic E-state index is 0.364. The minimum Gasteiger partial charge on any atom is -0.507 e. The fourth-order valence-electron chi connectivity index (χ4n) is 3.62. The van der Waals surface area contributed by atoms with Crippen LogP contribution in [0.3, 0.4) is 0 Å². The Morgan fingerprint density at radius 3 is 1.66 bits per heavy atom. The van der Waals surface area contributed by atoms with Gasteiger partial charge in [0.05, 0.1) is 0 Å². The van der Waals surface area contributed by atoms with Gasteiger partial charge in [0.2, 0.25) is 0 Å². The zero-order valence-corrected chi connectivity index (χ0v) is 18.3. The molecule has 1 nitrogen and oxygen atoms in total. The van der Waals surface area contributed by atoms with Crippen LogP contribution in [0, 0.1) is 0 Å². The first-order chi connectivity index (χ1) is 14.3. The zero-order valence-electron chi connectivity index (χ0n) is 17.4. The number of hydrogen-bond donors (Lipinski definition) is 1. The van der Waals surface area contributed by atoms with Crippen molar-refractivity contribution in [3.05, 3.63) is 72.8 Å². The number of hydrogen-bond acceptors (Lipinski definition) is 2. The Bertz CT molecular complexity index is 798. The molecule has 0 unspecified atom stereocenters. The molecular formula is C27H32OS. The molecule has 0 atom stereocenters. The molecule has 0 aliphatic heterocycles. The van der Waals surface area contributed by atoms with Crippen molar-refractivity contribution >= 4 is 11.8 Å². The monoisotopic (exact) mass is 404 g/mol. The second-order valence-corrected chi connectivity index (χ2v) is 8.74. The van der Waals surface area contributed by atoms with E-state index in [0.717, 1.165) is 28.0 Å². The van der Waals surface area contributed by atoms with Crippen molar-refractivity contribution in [3.8, 4) is 28.0 Å². The minimum atomic E-state index is 0.364.